The van der Waals surface area contributed by atoms with Crippen LogP contribution >= 0.6 is 0 Å². The van der Waals surface area contributed by atoms with E-state index in [1.54, 1.807) is 0 Å². The number of fused-ring (bicyclic) bond motifs is 17. The van der Waals surface area contributed by atoms with Crippen LogP contribution in [-0.2, 0) is 9.07 Å². The van der Waals surface area contributed by atoms with Gasteiger partial charge in [-0.15, -0.1) is 0 Å². The van der Waals surface area contributed by atoms with E-state index in [0.29, 0.717) is 0 Å². The molecule has 52 heavy (non-hydrogen) atoms. The number of rotatable bonds is 2. The van der Waals surface area contributed by atoms with E-state index in [2.05, 4.69) is 150 Å². The van der Waals surface area contributed by atoms with Crippen LogP contribution in [0.25, 0.3) is 82.8 Å². The minimum Gasteiger partial charge on any atom is -0.456 e. The van der Waals surface area contributed by atoms with Crippen molar-refractivity contribution in [3.8, 4) is 39.1 Å². The molecule has 0 atom stereocenters. The van der Waals surface area contributed by atoms with E-state index in [9.17, 15) is 0 Å². The SMILES string of the molecule is O=S12(c3ccccc3-c3ccccc31)c1ccccc1-c1cc(-c3ccccc3-n3c4ccccc4c4c5c(ccc43)oc3ccccc35)ccc12. The van der Waals surface area contributed by atoms with E-state index < -0.39 is 9.07 Å². The summed E-state index contributed by atoms with van der Waals surface area (Å²) in [4.78, 5) is 3.60. The zero-order valence-corrected chi connectivity index (χ0v) is 28.7. The van der Waals surface area contributed by atoms with Gasteiger partial charge in [0.1, 0.15) is 11.2 Å². The van der Waals surface area contributed by atoms with Crippen molar-refractivity contribution in [2.45, 2.75) is 19.6 Å². The summed E-state index contributed by atoms with van der Waals surface area (Å²) in [5.41, 5.74) is 11.5. The van der Waals surface area contributed by atoms with Gasteiger partial charge in [0.2, 0.25) is 0 Å². The molecule has 2 aliphatic heterocycles. The Morgan fingerprint density at radius 1 is 0.404 bits per heavy atom. The molecule has 2 aromatic heterocycles. The largest absolute Gasteiger partial charge is 0.456 e. The first-order valence-electron chi connectivity index (χ1n) is 17.7. The van der Waals surface area contributed by atoms with Crippen LogP contribution < -0.4 is 0 Å². The summed E-state index contributed by atoms with van der Waals surface area (Å²) in [7, 11) is -3.89. The van der Waals surface area contributed by atoms with E-state index in [-0.39, 0.29) is 0 Å². The van der Waals surface area contributed by atoms with Crippen LogP contribution in [0.15, 0.2) is 200 Å². The van der Waals surface area contributed by atoms with Crippen molar-refractivity contribution in [3.05, 3.63) is 176 Å². The van der Waals surface area contributed by atoms with Crippen molar-refractivity contribution in [3.63, 3.8) is 0 Å². The second-order valence-corrected chi connectivity index (χ2v) is 17.6. The predicted molar refractivity (Wildman–Crippen MR) is 212 cm³/mol. The topological polar surface area (TPSA) is 35.1 Å². The molecule has 1 spiro atoms. The second kappa shape index (κ2) is 9.64. The third-order valence-corrected chi connectivity index (χ3v) is 16.3. The monoisotopic (exact) mass is 683 g/mol. The van der Waals surface area contributed by atoms with Gasteiger partial charge in [0, 0.05) is 55.8 Å². The van der Waals surface area contributed by atoms with E-state index in [0.717, 1.165) is 91.6 Å². The van der Waals surface area contributed by atoms with Gasteiger partial charge in [-0.1, -0.05) is 115 Å². The van der Waals surface area contributed by atoms with Gasteiger partial charge >= 0.3 is 0 Å². The van der Waals surface area contributed by atoms with Crippen molar-refractivity contribution in [2.24, 2.45) is 0 Å². The Kier molecular flexibility index (Phi) is 5.23. The van der Waals surface area contributed by atoms with Crippen molar-refractivity contribution in [1.82, 2.24) is 4.57 Å². The molecule has 3 nitrogen and oxygen atoms in total. The Bertz CT molecular complexity index is 3220. The molecule has 0 radical (unpaired) electrons. The minimum absolute atomic E-state index is 0.890. The molecule has 8 aromatic carbocycles. The van der Waals surface area contributed by atoms with Crippen LogP contribution in [0.2, 0.25) is 0 Å². The Morgan fingerprint density at radius 2 is 0.962 bits per heavy atom. The molecule has 10 aromatic rings. The maximum Gasteiger partial charge on any atom is 0.136 e. The standard InChI is InChI=1S/C48H29NO2S/c50-52(43-22-10-4-14-32(43)33-15-5-11-23-44(33)52)45-24-12-6-16-34(45)37-29-30(25-28-46(37)52)31-13-1-7-19-38(31)49-39-20-8-2-17-35(39)47-40(49)26-27-42-48(47)36-18-3-9-21-41(36)51-42/h1-29H. The summed E-state index contributed by atoms with van der Waals surface area (Å²) in [6.45, 7) is 0. The lowest BCUT2D eigenvalue weighted by Crippen LogP contribution is -2.29. The number of aromatic nitrogens is 1. The lowest BCUT2D eigenvalue weighted by atomic mass is 9.98. The fourth-order valence-corrected chi connectivity index (χ4v) is 14.6. The molecule has 2 aliphatic rings. The Balaban J connectivity index is 1.15. The zero-order valence-electron chi connectivity index (χ0n) is 27.9. The highest BCUT2D eigenvalue weighted by molar-refractivity contribution is 8.21. The summed E-state index contributed by atoms with van der Waals surface area (Å²) in [5, 5.41) is 4.64. The van der Waals surface area contributed by atoms with Crippen LogP contribution in [-0.4, -0.2) is 8.78 Å². The molecule has 0 bridgehead atoms. The van der Waals surface area contributed by atoms with Gasteiger partial charge in [-0.2, -0.15) is 0 Å². The molecule has 0 amide bonds. The van der Waals surface area contributed by atoms with Gasteiger partial charge in [-0.25, -0.2) is 0 Å². The molecule has 244 valence electrons. The maximum atomic E-state index is 16.8. The van der Waals surface area contributed by atoms with Gasteiger partial charge in [0.15, 0.2) is 0 Å². The summed E-state index contributed by atoms with van der Waals surface area (Å²) < 4.78 is 25.6. The number of furan rings is 1. The highest BCUT2D eigenvalue weighted by atomic mass is 32.3. The van der Waals surface area contributed by atoms with Gasteiger partial charge in [-0.3, -0.25) is 4.21 Å². The smallest absolute Gasteiger partial charge is 0.136 e. The van der Waals surface area contributed by atoms with Crippen molar-refractivity contribution >= 4 is 52.8 Å². The van der Waals surface area contributed by atoms with Gasteiger partial charge in [0.05, 0.1) is 16.7 Å². The molecule has 0 saturated heterocycles. The van der Waals surface area contributed by atoms with E-state index in [1.807, 2.05) is 30.3 Å². The quantitative estimate of drug-likeness (QED) is 0.182. The Hall–Kier alpha value is -6.49. The van der Waals surface area contributed by atoms with Crippen LogP contribution in [0.4, 0.5) is 0 Å². The third-order valence-electron chi connectivity index (χ3n) is 11.5. The average molecular weight is 684 g/mol. The molecule has 12 rings (SSSR count). The highest BCUT2D eigenvalue weighted by Crippen LogP contribution is 2.71. The molecule has 0 aliphatic carbocycles. The lowest BCUT2D eigenvalue weighted by molar-refractivity contribution is 0.658. The number of hydrogen-bond acceptors (Lipinski definition) is 2. The first kappa shape index (κ1) is 28.2. The Labute approximate surface area is 299 Å². The van der Waals surface area contributed by atoms with Crippen LogP contribution in [0.5, 0.6) is 0 Å². The van der Waals surface area contributed by atoms with E-state index >= 15 is 4.21 Å². The predicted octanol–water partition coefficient (Wildman–Crippen LogP) is 12.7. The molecule has 4 heterocycles. The summed E-state index contributed by atoms with van der Waals surface area (Å²) in [6.07, 6.45) is 0. The van der Waals surface area contributed by atoms with Crippen LogP contribution in [0.1, 0.15) is 0 Å². The number of nitrogens with zero attached hydrogens (tertiary/aromatic N) is 1. The van der Waals surface area contributed by atoms with E-state index in [1.165, 1.54) is 10.8 Å². The van der Waals surface area contributed by atoms with Gasteiger partial charge in [0.25, 0.3) is 0 Å². The minimum atomic E-state index is -3.89. The molecular formula is C48H29NO2S. The van der Waals surface area contributed by atoms with E-state index in [4.69, 9.17) is 4.42 Å². The second-order valence-electron chi connectivity index (χ2n) is 13.9. The zero-order chi connectivity index (χ0) is 34.2. The lowest BCUT2D eigenvalue weighted by Gasteiger charge is -2.38. The fraction of sp³-hybridized carbons (Fsp3) is 0. The maximum absolute atomic E-state index is 16.8. The van der Waals surface area contributed by atoms with Crippen LogP contribution in [0.3, 0.4) is 0 Å². The van der Waals surface area contributed by atoms with Crippen molar-refractivity contribution in [1.29, 1.82) is 0 Å². The number of para-hydroxylation sites is 3. The molecule has 4 heteroatoms. The molecule has 0 unspecified atom stereocenters. The summed E-state index contributed by atoms with van der Waals surface area (Å²) in [5.74, 6) is 0. The molecule has 0 N–H and O–H groups in total. The van der Waals surface area contributed by atoms with Crippen molar-refractivity contribution < 1.29 is 8.63 Å². The Morgan fingerprint density at radius 3 is 1.69 bits per heavy atom. The van der Waals surface area contributed by atoms with Gasteiger partial charge in [-0.05, 0) is 88.5 Å². The molecular weight excluding hydrogens is 655 g/mol. The first-order valence-corrected chi connectivity index (χ1v) is 19.6. The summed E-state index contributed by atoms with van der Waals surface area (Å²) in [6, 6.07) is 61.5. The highest BCUT2D eigenvalue weighted by Gasteiger charge is 2.57. The van der Waals surface area contributed by atoms with Gasteiger partial charge < -0.3 is 8.98 Å². The van der Waals surface area contributed by atoms with Crippen LogP contribution in [0, 0.1) is 0 Å². The normalized spacial score (nSPS) is 15.4. The third kappa shape index (κ3) is 3.17. The molecule has 0 saturated carbocycles. The molecule has 0 fully saturated rings. The average Bonchev–Trinajstić information content (AvgIpc) is 3.89. The fourth-order valence-electron chi connectivity index (χ4n) is 9.49. The van der Waals surface area contributed by atoms with Crippen molar-refractivity contribution in [2.75, 3.05) is 0 Å². The first-order chi connectivity index (χ1) is 25.6. The number of hydrogen-bond donors (Lipinski definition) is 0. The number of benzene rings is 8. The summed E-state index contributed by atoms with van der Waals surface area (Å²) >= 11 is 0.